The molecule has 0 fully saturated rings. The van der Waals surface area contributed by atoms with Gasteiger partial charge in [0, 0.05) is 19.0 Å². The number of aliphatic imine (C=N–C) groups is 1. The Bertz CT molecular complexity index is 1060. The van der Waals surface area contributed by atoms with Gasteiger partial charge in [-0.15, -0.1) is 0 Å². The molecule has 3 aromatic rings. The van der Waals surface area contributed by atoms with Crippen molar-refractivity contribution in [3.63, 3.8) is 0 Å². The summed E-state index contributed by atoms with van der Waals surface area (Å²) < 4.78 is 0. The Balaban J connectivity index is 1.73. The molecule has 0 aliphatic carbocycles. The lowest BCUT2D eigenvalue weighted by Crippen LogP contribution is -2.47. The van der Waals surface area contributed by atoms with Crippen LogP contribution in [0.4, 0.5) is 5.69 Å². The zero-order valence-corrected chi connectivity index (χ0v) is 18.4. The lowest BCUT2D eigenvalue weighted by atomic mass is 10.1. The summed E-state index contributed by atoms with van der Waals surface area (Å²) in [7, 11) is 0. The number of aryl methyl sites for hydroxylation is 1. The summed E-state index contributed by atoms with van der Waals surface area (Å²) in [6, 6.07) is 28.3. The maximum absolute atomic E-state index is 13.6. The molecule has 4 nitrogen and oxygen atoms in total. The molecule has 4 heteroatoms. The van der Waals surface area contributed by atoms with Crippen LogP contribution < -0.4 is 4.90 Å². The van der Waals surface area contributed by atoms with Gasteiger partial charge >= 0.3 is 0 Å². The van der Waals surface area contributed by atoms with Crippen LogP contribution in [0.3, 0.4) is 0 Å². The average molecular weight is 412 g/mol. The van der Waals surface area contributed by atoms with Crippen molar-refractivity contribution in [3.8, 4) is 0 Å². The maximum Gasteiger partial charge on any atom is 0.259 e. The summed E-state index contributed by atoms with van der Waals surface area (Å²) in [6.45, 7) is 7.04. The first-order chi connectivity index (χ1) is 15.0. The normalized spacial score (nSPS) is 16.0. The Morgan fingerprint density at radius 1 is 0.903 bits per heavy atom. The van der Waals surface area contributed by atoms with Gasteiger partial charge in [-0.05, 0) is 49.6 Å². The minimum Gasteiger partial charge on any atom is -0.335 e. The van der Waals surface area contributed by atoms with Crippen molar-refractivity contribution in [2.24, 2.45) is 4.99 Å². The van der Waals surface area contributed by atoms with Crippen LogP contribution in [0.15, 0.2) is 89.9 Å². The van der Waals surface area contributed by atoms with Crippen LogP contribution in [-0.2, 0) is 17.8 Å². The highest BCUT2D eigenvalue weighted by Crippen LogP contribution is 2.27. The molecule has 1 unspecified atom stereocenters. The fourth-order valence-electron chi connectivity index (χ4n) is 3.95. The molecule has 0 saturated heterocycles. The molecule has 0 saturated carbocycles. The summed E-state index contributed by atoms with van der Waals surface area (Å²) in [5.41, 5.74) is 4.31. The van der Waals surface area contributed by atoms with E-state index in [9.17, 15) is 4.79 Å². The molecule has 3 aromatic carbocycles. The van der Waals surface area contributed by atoms with Crippen molar-refractivity contribution in [1.29, 1.82) is 0 Å². The van der Waals surface area contributed by atoms with Gasteiger partial charge < -0.3 is 4.90 Å². The summed E-state index contributed by atoms with van der Waals surface area (Å²) >= 11 is 0. The number of guanidine groups is 1. The lowest BCUT2D eigenvalue weighted by molar-refractivity contribution is -0.118. The van der Waals surface area contributed by atoms with Gasteiger partial charge in [-0.1, -0.05) is 72.8 Å². The highest BCUT2D eigenvalue weighted by Gasteiger charge is 2.39. The van der Waals surface area contributed by atoms with E-state index in [1.54, 1.807) is 0 Å². The number of amides is 1. The second kappa shape index (κ2) is 9.17. The minimum atomic E-state index is -0.421. The average Bonchev–Trinajstić information content (AvgIpc) is 3.09. The molecule has 1 amide bonds. The van der Waals surface area contributed by atoms with E-state index >= 15 is 0 Å². The van der Waals surface area contributed by atoms with Crippen LogP contribution in [0.25, 0.3) is 0 Å². The molecule has 31 heavy (non-hydrogen) atoms. The van der Waals surface area contributed by atoms with E-state index in [-0.39, 0.29) is 11.9 Å². The largest absolute Gasteiger partial charge is 0.335 e. The van der Waals surface area contributed by atoms with Gasteiger partial charge in [0.2, 0.25) is 5.96 Å². The van der Waals surface area contributed by atoms with E-state index < -0.39 is 6.04 Å². The number of benzene rings is 3. The van der Waals surface area contributed by atoms with Crippen molar-refractivity contribution in [2.75, 3.05) is 4.90 Å². The Hall–Kier alpha value is -3.40. The molecule has 158 valence electrons. The number of hydrogen-bond donors (Lipinski definition) is 0. The third kappa shape index (κ3) is 4.69. The SMILES string of the molecule is Cc1cccc(N2C(=O)C(Cc3ccccc3)N=C2N(Cc2ccccc2)C(C)C)c1. The first-order valence-electron chi connectivity index (χ1n) is 10.9. The molecule has 1 aliphatic heterocycles. The topological polar surface area (TPSA) is 35.9 Å². The van der Waals surface area contributed by atoms with E-state index in [1.807, 2.05) is 66.4 Å². The van der Waals surface area contributed by atoms with Gasteiger partial charge in [0.05, 0.1) is 5.69 Å². The smallest absolute Gasteiger partial charge is 0.259 e. The molecule has 0 N–H and O–H groups in total. The molecule has 1 atom stereocenters. The van der Waals surface area contributed by atoms with E-state index in [0.29, 0.717) is 13.0 Å². The van der Waals surface area contributed by atoms with E-state index in [1.165, 1.54) is 5.56 Å². The van der Waals surface area contributed by atoms with Crippen LogP contribution in [0.1, 0.15) is 30.5 Å². The predicted octanol–water partition coefficient (Wildman–Crippen LogP) is 5.22. The number of nitrogens with zero attached hydrogens (tertiary/aromatic N) is 3. The Morgan fingerprint density at radius 3 is 2.16 bits per heavy atom. The third-order valence-corrected chi connectivity index (χ3v) is 5.58. The quantitative estimate of drug-likeness (QED) is 0.558. The monoisotopic (exact) mass is 411 g/mol. The number of carbonyl (C=O) groups excluding carboxylic acids is 1. The molecule has 1 aliphatic rings. The molecular weight excluding hydrogens is 382 g/mol. The summed E-state index contributed by atoms with van der Waals surface area (Å²) in [5, 5.41) is 0. The predicted molar refractivity (Wildman–Crippen MR) is 127 cm³/mol. The van der Waals surface area contributed by atoms with Crippen molar-refractivity contribution in [2.45, 2.75) is 45.8 Å². The lowest BCUT2D eigenvalue weighted by Gasteiger charge is -2.33. The fourth-order valence-corrected chi connectivity index (χ4v) is 3.95. The maximum atomic E-state index is 13.6. The molecule has 0 bridgehead atoms. The number of carbonyl (C=O) groups is 1. The second-order valence-electron chi connectivity index (χ2n) is 8.35. The van der Waals surface area contributed by atoms with Crippen LogP contribution in [0.2, 0.25) is 0 Å². The van der Waals surface area contributed by atoms with Gasteiger partial charge in [0.1, 0.15) is 6.04 Å². The zero-order chi connectivity index (χ0) is 21.8. The van der Waals surface area contributed by atoms with Crippen LogP contribution in [-0.4, -0.2) is 28.9 Å². The first kappa shape index (κ1) is 20.9. The van der Waals surface area contributed by atoms with Crippen molar-refractivity contribution in [1.82, 2.24) is 4.90 Å². The Morgan fingerprint density at radius 2 is 1.55 bits per heavy atom. The highest BCUT2D eigenvalue weighted by molar-refractivity contribution is 6.22. The summed E-state index contributed by atoms with van der Waals surface area (Å²) in [4.78, 5) is 22.6. The standard InChI is InChI=1S/C27H29N3O/c1-20(2)29(19-23-14-8-5-9-15-23)27-28-25(18-22-12-6-4-7-13-22)26(31)30(27)24-16-10-11-21(3)17-24/h4-17,20,25H,18-19H2,1-3H3. The Labute approximate surface area is 184 Å². The van der Waals surface area contributed by atoms with Crippen molar-refractivity contribution >= 4 is 17.6 Å². The molecule has 4 rings (SSSR count). The Kier molecular flexibility index (Phi) is 6.17. The number of hydrogen-bond acceptors (Lipinski definition) is 3. The van der Waals surface area contributed by atoms with Crippen LogP contribution in [0.5, 0.6) is 0 Å². The molecule has 1 heterocycles. The van der Waals surface area contributed by atoms with Gasteiger partial charge in [-0.2, -0.15) is 0 Å². The van der Waals surface area contributed by atoms with Crippen LogP contribution in [0, 0.1) is 6.92 Å². The van der Waals surface area contributed by atoms with E-state index in [0.717, 1.165) is 22.8 Å². The minimum absolute atomic E-state index is 0.0307. The van der Waals surface area contributed by atoms with E-state index in [2.05, 4.69) is 49.1 Å². The summed E-state index contributed by atoms with van der Waals surface area (Å²) in [6.07, 6.45) is 0.600. The summed E-state index contributed by atoms with van der Waals surface area (Å²) in [5.74, 6) is 0.763. The second-order valence-corrected chi connectivity index (χ2v) is 8.35. The van der Waals surface area contributed by atoms with E-state index in [4.69, 9.17) is 4.99 Å². The highest BCUT2D eigenvalue weighted by atomic mass is 16.2. The fraction of sp³-hybridized carbons (Fsp3) is 0.259. The molecule has 0 aromatic heterocycles. The number of anilines is 1. The van der Waals surface area contributed by atoms with Gasteiger partial charge in [0.15, 0.2) is 0 Å². The molecular formula is C27H29N3O. The van der Waals surface area contributed by atoms with Crippen molar-refractivity contribution in [3.05, 3.63) is 102 Å². The van der Waals surface area contributed by atoms with Gasteiger partial charge in [0.25, 0.3) is 5.91 Å². The molecule has 0 radical (unpaired) electrons. The molecule has 0 spiro atoms. The van der Waals surface area contributed by atoms with Crippen molar-refractivity contribution < 1.29 is 4.79 Å². The van der Waals surface area contributed by atoms with Crippen LogP contribution >= 0.6 is 0 Å². The first-order valence-corrected chi connectivity index (χ1v) is 10.9. The zero-order valence-electron chi connectivity index (χ0n) is 18.4. The third-order valence-electron chi connectivity index (χ3n) is 5.58. The van der Waals surface area contributed by atoms with Gasteiger partial charge in [-0.25, -0.2) is 9.89 Å². The van der Waals surface area contributed by atoms with Gasteiger partial charge in [-0.3, -0.25) is 4.79 Å². The number of rotatable bonds is 6.